The van der Waals surface area contributed by atoms with Crippen LogP contribution in [0.2, 0.25) is 0 Å². The quantitative estimate of drug-likeness (QED) is 0.627. The highest BCUT2D eigenvalue weighted by Crippen LogP contribution is 2.33. The highest BCUT2D eigenvalue weighted by Gasteiger charge is 2.26. The summed E-state index contributed by atoms with van der Waals surface area (Å²) in [5.41, 5.74) is 3.14. The number of halogens is 2. The molecule has 0 aliphatic heterocycles. The second-order valence-corrected chi connectivity index (χ2v) is 5.80. The molecule has 0 radical (unpaired) electrons. The summed E-state index contributed by atoms with van der Waals surface area (Å²) in [6.07, 6.45) is 3.65. The number of rotatable bonds is 6. The third kappa shape index (κ3) is 3.89. The van der Waals surface area contributed by atoms with E-state index in [0.717, 1.165) is 17.1 Å². The lowest BCUT2D eigenvalue weighted by molar-refractivity contribution is 0.352. The first-order valence-corrected chi connectivity index (χ1v) is 8.07. The Balaban J connectivity index is 2.78. The van der Waals surface area contributed by atoms with E-state index in [0.29, 0.717) is 5.41 Å². The van der Waals surface area contributed by atoms with Crippen molar-refractivity contribution < 1.29 is 0 Å². The van der Waals surface area contributed by atoms with E-state index in [4.69, 9.17) is 0 Å². The predicted octanol–water partition coefficient (Wildman–Crippen LogP) is 5.11. The Bertz CT molecular complexity index is 299. The molecular weight excluding hydrogens is 328 g/mol. The summed E-state index contributed by atoms with van der Waals surface area (Å²) in [4.78, 5) is 0. The van der Waals surface area contributed by atoms with Gasteiger partial charge in [0.2, 0.25) is 0 Å². The van der Waals surface area contributed by atoms with Crippen LogP contribution in [0.15, 0.2) is 24.3 Å². The smallest absolute Gasteiger partial charge is 0.00991 e. The predicted molar refractivity (Wildman–Crippen MR) is 79.8 cm³/mol. The van der Waals surface area contributed by atoms with Crippen LogP contribution in [-0.2, 0) is 6.42 Å². The van der Waals surface area contributed by atoms with E-state index in [1.165, 1.54) is 24.0 Å². The van der Waals surface area contributed by atoms with Crippen molar-refractivity contribution in [2.45, 2.75) is 33.1 Å². The van der Waals surface area contributed by atoms with Crippen molar-refractivity contribution in [3.05, 3.63) is 35.4 Å². The van der Waals surface area contributed by atoms with Gasteiger partial charge in [-0.15, -0.1) is 0 Å². The van der Waals surface area contributed by atoms with Crippen molar-refractivity contribution in [3.8, 4) is 0 Å². The SMILES string of the molecule is CCCC(CBr)(CBr)Cc1ccc(C)cc1. The van der Waals surface area contributed by atoms with E-state index >= 15 is 0 Å². The zero-order valence-corrected chi connectivity index (χ0v) is 13.3. The molecule has 1 rings (SSSR count). The molecule has 0 aromatic heterocycles. The summed E-state index contributed by atoms with van der Waals surface area (Å²) < 4.78 is 0. The molecule has 0 unspecified atom stereocenters. The molecule has 1 aromatic rings. The summed E-state index contributed by atoms with van der Waals surface area (Å²) in [7, 11) is 0. The van der Waals surface area contributed by atoms with Crippen LogP contribution >= 0.6 is 31.9 Å². The van der Waals surface area contributed by atoms with Crippen molar-refractivity contribution >= 4 is 31.9 Å². The summed E-state index contributed by atoms with van der Waals surface area (Å²) >= 11 is 7.35. The van der Waals surface area contributed by atoms with E-state index in [1.807, 2.05) is 0 Å². The van der Waals surface area contributed by atoms with Gasteiger partial charge in [-0.3, -0.25) is 0 Å². The third-order valence-corrected chi connectivity index (χ3v) is 5.43. The molecular formula is C14H20Br2. The van der Waals surface area contributed by atoms with Crippen LogP contribution in [0, 0.1) is 12.3 Å². The van der Waals surface area contributed by atoms with Crippen molar-refractivity contribution in [2.75, 3.05) is 10.7 Å². The maximum Gasteiger partial charge on any atom is 0.00991 e. The van der Waals surface area contributed by atoms with E-state index in [-0.39, 0.29) is 0 Å². The summed E-state index contributed by atoms with van der Waals surface area (Å²) in [6, 6.07) is 8.92. The zero-order valence-electron chi connectivity index (χ0n) is 10.1. The average Bonchev–Trinajstić information content (AvgIpc) is 2.31. The van der Waals surface area contributed by atoms with E-state index < -0.39 is 0 Å². The van der Waals surface area contributed by atoms with Crippen LogP contribution in [0.25, 0.3) is 0 Å². The van der Waals surface area contributed by atoms with Crippen LogP contribution < -0.4 is 0 Å². The van der Waals surface area contributed by atoms with Gasteiger partial charge in [0.25, 0.3) is 0 Å². The Morgan fingerprint density at radius 2 is 1.62 bits per heavy atom. The monoisotopic (exact) mass is 346 g/mol. The topological polar surface area (TPSA) is 0 Å². The number of alkyl halides is 2. The maximum absolute atomic E-state index is 3.68. The molecule has 0 amide bonds. The summed E-state index contributed by atoms with van der Waals surface area (Å²) in [5, 5.41) is 2.12. The Hall–Kier alpha value is 0.180. The normalized spacial score (nSPS) is 11.8. The van der Waals surface area contributed by atoms with Crippen molar-refractivity contribution in [1.82, 2.24) is 0 Å². The van der Waals surface area contributed by atoms with Crippen LogP contribution in [0.5, 0.6) is 0 Å². The van der Waals surface area contributed by atoms with Gasteiger partial charge in [-0.25, -0.2) is 0 Å². The Morgan fingerprint density at radius 3 is 2.06 bits per heavy atom. The molecule has 0 fully saturated rings. The van der Waals surface area contributed by atoms with Crippen molar-refractivity contribution in [2.24, 2.45) is 5.41 Å². The maximum atomic E-state index is 3.68. The highest BCUT2D eigenvalue weighted by atomic mass is 79.9. The molecule has 0 N–H and O–H groups in total. The largest absolute Gasteiger partial charge is 0.0922 e. The van der Waals surface area contributed by atoms with Crippen LogP contribution in [0.1, 0.15) is 30.9 Å². The van der Waals surface area contributed by atoms with E-state index in [9.17, 15) is 0 Å². The van der Waals surface area contributed by atoms with Gasteiger partial charge in [-0.05, 0) is 30.7 Å². The van der Waals surface area contributed by atoms with Crippen LogP contribution in [-0.4, -0.2) is 10.7 Å². The Labute approximate surface area is 116 Å². The second kappa shape index (κ2) is 6.80. The van der Waals surface area contributed by atoms with Gasteiger partial charge in [0.15, 0.2) is 0 Å². The van der Waals surface area contributed by atoms with Crippen molar-refractivity contribution in [1.29, 1.82) is 0 Å². The van der Waals surface area contributed by atoms with Gasteiger partial charge in [0.1, 0.15) is 0 Å². The number of hydrogen-bond acceptors (Lipinski definition) is 0. The Morgan fingerprint density at radius 1 is 1.06 bits per heavy atom. The van der Waals surface area contributed by atoms with Crippen LogP contribution in [0.3, 0.4) is 0 Å². The van der Waals surface area contributed by atoms with Crippen LogP contribution in [0.4, 0.5) is 0 Å². The first kappa shape index (κ1) is 14.2. The number of benzene rings is 1. The lowest BCUT2D eigenvalue weighted by Crippen LogP contribution is -2.27. The van der Waals surface area contributed by atoms with Gasteiger partial charge < -0.3 is 0 Å². The van der Waals surface area contributed by atoms with Crippen molar-refractivity contribution in [3.63, 3.8) is 0 Å². The lowest BCUT2D eigenvalue weighted by Gasteiger charge is -2.30. The van der Waals surface area contributed by atoms with Gasteiger partial charge >= 0.3 is 0 Å². The molecule has 0 nitrogen and oxygen atoms in total. The zero-order chi connectivity index (χ0) is 12.0. The fourth-order valence-electron chi connectivity index (χ4n) is 2.02. The Kier molecular flexibility index (Phi) is 6.06. The molecule has 0 aliphatic rings. The standard InChI is InChI=1S/C14H20Br2/c1-3-8-14(10-15,11-16)9-13-6-4-12(2)5-7-13/h4-7H,3,8-11H2,1-2H3. The third-order valence-electron chi connectivity index (χ3n) is 3.05. The minimum absolute atomic E-state index is 0.365. The first-order chi connectivity index (χ1) is 7.65. The number of aryl methyl sites for hydroxylation is 1. The molecule has 0 heterocycles. The molecule has 0 atom stereocenters. The lowest BCUT2D eigenvalue weighted by atomic mass is 9.81. The summed E-state index contributed by atoms with van der Waals surface area (Å²) in [5.74, 6) is 0. The second-order valence-electron chi connectivity index (χ2n) is 4.68. The highest BCUT2D eigenvalue weighted by molar-refractivity contribution is 9.09. The van der Waals surface area contributed by atoms with Gasteiger partial charge in [0, 0.05) is 10.7 Å². The molecule has 90 valence electrons. The molecule has 1 aromatic carbocycles. The molecule has 0 saturated heterocycles. The van der Waals surface area contributed by atoms with Gasteiger partial charge in [0.05, 0.1) is 0 Å². The minimum Gasteiger partial charge on any atom is -0.0922 e. The fraction of sp³-hybridized carbons (Fsp3) is 0.571. The molecule has 0 spiro atoms. The number of hydrogen-bond donors (Lipinski definition) is 0. The minimum atomic E-state index is 0.365. The molecule has 2 heteroatoms. The van der Waals surface area contributed by atoms with Gasteiger partial charge in [-0.1, -0.05) is 75.0 Å². The average molecular weight is 348 g/mol. The molecule has 0 bridgehead atoms. The molecule has 0 saturated carbocycles. The first-order valence-electron chi connectivity index (χ1n) is 5.83. The molecule has 16 heavy (non-hydrogen) atoms. The van der Waals surface area contributed by atoms with E-state index in [2.05, 4.69) is 70.0 Å². The molecule has 0 aliphatic carbocycles. The fourth-order valence-corrected chi connectivity index (χ4v) is 3.91. The van der Waals surface area contributed by atoms with Gasteiger partial charge in [-0.2, -0.15) is 0 Å². The summed E-state index contributed by atoms with van der Waals surface area (Å²) in [6.45, 7) is 4.40. The van der Waals surface area contributed by atoms with E-state index in [1.54, 1.807) is 0 Å².